The average Bonchev–Trinajstić information content (AvgIpc) is 3.08. The van der Waals surface area contributed by atoms with E-state index in [1.54, 1.807) is 16.7 Å². The Morgan fingerprint density at radius 2 is 1.14 bits per heavy atom. The van der Waals surface area contributed by atoms with Gasteiger partial charge in [0.25, 0.3) is 0 Å². The van der Waals surface area contributed by atoms with E-state index in [9.17, 15) is 0 Å². The lowest BCUT2D eigenvalue weighted by atomic mass is 9.90. The number of aryl methyl sites for hydroxylation is 1. The summed E-state index contributed by atoms with van der Waals surface area (Å²) in [5.74, 6) is 0.916. The largest absolute Gasteiger partial charge is 0.299 e. The minimum Gasteiger partial charge on any atom is -0.299 e. The van der Waals surface area contributed by atoms with Crippen LogP contribution in [0, 0.1) is 5.92 Å². The Balaban J connectivity index is 0.00000180. The predicted octanol–water partition coefficient (Wildman–Crippen LogP) is 7.37. The Kier molecular flexibility index (Phi) is 11.8. The van der Waals surface area contributed by atoms with Gasteiger partial charge in [-0.05, 0) is 85.3 Å². The van der Waals surface area contributed by atoms with Gasteiger partial charge in [0.1, 0.15) is 0 Å². The first-order valence-electron chi connectivity index (χ1n) is 13.4. The molecule has 0 aromatic heterocycles. The van der Waals surface area contributed by atoms with Crippen molar-refractivity contribution in [3.8, 4) is 0 Å². The Bertz CT molecular complexity index is 1020. The molecule has 0 aliphatic carbocycles. The Labute approximate surface area is 230 Å². The first-order valence-corrected chi connectivity index (χ1v) is 13.4. The summed E-state index contributed by atoms with van der Waals surface area (Å²) < 4.78 is 0. The van der Waals surface area contributed by atoms with Crippen molar-refractivity contribution in [3.63, 3.8) is 0 Å². The van der Waals surface area contributed by atoms with Gasteiger partial charge in [0, 0.05) is 26.2 Å². The SMILES string of the molecule is Cl.Cl.c1ccc(CN2CCc3ccc(CCCC4CCN(Cc5ccccc5)CC4)cc3CC2)cc1. The Morgan fingerprint density at radius 1 is 0.583 bits per heavy atom. The van der Waals surface area contributed by atoms with Gasteiger partial charge in [0.05, 0.1) is 0 Å². The molecule has 2 heterocycles. The number of likely N-dealkylation sites (tertiary alicyclic amines) is 1. The molecule has 0 unspecified atom stereocenters. The zero-order valence-corrected chi connectivity index (χ0v) is 23.1. The number of piperidine rings is 1. The summed E-state index contributed by atoms with van der Waals surface area (Å²) in [6.07, 6.45) is 9.08. The molecule has 2 aliphatic heterocycles. The van der Waals surface area contributed by atoms with Crippen LogP contribution in [0.15, 0.2) is 78.9 Å². The van der Waals surface area contributed by atoms with E-state index in [0.29, 0.717) is 0 Å². The maximum atomic E-state index is 2.64. The fraction of sp³-hybridized carbons (Fsp3) is 0.438. The zero-order chi connectivity index (χ0) is 23.0. The molecule has 0 N–H and O–H groups in total. The van der Waals surface area contributed by atoms with Crippen molar-refractivity contribution in [2.75, 3.05) is 26.2 Å². The van der Waals surface area contributed by atoms with Gasteiger partial charge in [0.2, 0.25) is 0 Å². The highest BCUT2D eigenvalue weighted by molar-refractivity contribution is 5.85. The lowest BCUT2D eigenvalue weighted by Gasteiger charge is -2.32. The summed E-state index contributed by atoms with van der Waals surface area (Å²) in [6.45, 7) is 7.06. The maximum Gasteiger partial charge on any atom is 0.0233 e. The summed E-state index contributed by atoms with van der Waals surface area (Å²) >= 11 is 0. The van der Waals surface area contributed by atoms with Crippen LogP contribution in [-0.4, -0.2) is 36.0 Å². The first kappa shape index (κ1) is 28.7. The van der Waals surface area contributed by atoms with Gasteiger partial charge in [0.15, 0.2) is 0 Å². The molecule has 5 rings (SSSR count). The van der Waals surface area contributed by atoms with Gasteiger partial charge in [-0.25, -0.2) is 0 Å². The van der Waals surface area contributed by atoms with E-state index in [-0.39, 0.29) is 24.8 Å². The molecule has 0 atom stereocenters. The number of benzene rings is 3. The fourth-order valence-electron chi connectivity index (χ4n) is 5.85. The van der Waals surface area contributed by atoms with E-state index < -0.39 is 0 Å². The van der Waals surface area contributed by atoms with Crippen molar-refractivity contribution >= 4 is 24.8 Å². The normalized spacial score (nSPS) is 16.9. The maximum absolute atomic E-state index is 2.64. The summed E-state index contributed by atoms with van der Waals surface area (Å²) in [5, 5.41) is 0. The number of hydrogen-bond donors (Lipinski definition) is 0. The molecule has 194 valence electrons. The van der Waals surface area contributed by atoms with Crippen LogP contribution in [0.2, 0.25) is 0 Å². The van der Waals surface area contributed by atoms with Crippen LogP contribution < -0.4 is 0 Å². The van der Waals surface area contributed by atoms with Crippen LogP contribution in [0.1, 0.15) is 53.5 Å². The monoisotopic (exact) mass is 524 g/mol. The van der Waals surface area contributed by atoms with Gasteiger partial charge < -0.3 is 0 Å². The van der Waals surface area contributed by atoms with Crippen molar-refractivity contribution < 1.29 is 0 Å². The molecule has 1 fully saturated rings. The van der Waals surface area contributed by atoms with E-state index in [0.717, 1.165) is 19.0 Å². The van der Waals surface area contributed by atoms with Crippen LogP contribution in [0.25, 0.3) is 0 Å². The topological polar surface area (TPSA) is 6.48 Å². The third kappa shape index (κ3) is 8.35. The number of hydrogen-bond acceptors (Lipinski definition) is 2. The summed E-state index contributed by atoms with van der Waals surface area (Å²) in [4.78, 5) is 5.26. The molecule has 36 heavy (non-hydrogen) atoms. The van der Waals surface area contributed by atoms with E-state index in [2.05, 4.69) is 88.7 Å². The molecule has 3 aromatic rings. The van der Waals surface area contributed by atoms with Crippen LogP contribution in [-0.2, 0) is 32.4 Å². The highest BCUT2D eigenvalue weighted by atomic mass is 35.5. The smallest absolute Gasteiger partial charge is 0.0233 e. The van der Waals surface area contributed by atoms with Crippen LogP contribution >= 0.6 is 24.8 Å². The van der Waals surface area contributed by atoms with Gasteiger partial charge in [-0.2, -0.15) is 0 Å². The van der Waals surface area contributed by atoms with E-state index in [4.69, 9.17) is 0 Å². The van der Waals surface area contributed by atoms with Gasteiger partial charge >= 0.3 is 0 Å². The average molecular weight is 526 g/mol. The molecule has 0 bridgehead atoms. The number of rotatable bonds is 8. The second kappa shape index (κ2) is 14.8. The minimum atomic E-state index is 0. The number of halogens is 2. The van der Waals surface area contributed by atoms with Crippen molar-refractivity contribution in [1.29, 1.82) is 0 Å². The van der Waals surface area contributed by atoms with Gasteiger partial charge in [-0.1, -0.05) is 85.3 Å². The highest BCUT2D eigenvalue weighted by Crippen LogP contribution is 2.25. The summed E-state index contributed by atoms with van der Waals surface area (Å²) in [5.41, 5.74) is 7.61. The third-order valence-electron chi connectivity index (χ3n) is 7.95. The second-order valence-corrected chi connectivity index (χ2v) is 10.5. The van der Waals surface area contributed by atoms with Crippen molar-refractivity contribution in [2.24, 2.45) is 5.92 Å². The quantitative estimate of drug-likeness (QED) is 0.303. The molecule has 1 saturated heterocycles. The van der Waals surface area contributed by atoms with Crippen LogP contribution in [0.4, 0.5) is 0 Å². The van der Waals surface area contributed by atoms with Crippen LogP contribution in [0.5, 0.6) is 0 Å². The van der Waals surface area contributed by atoms with E-state index in [1.807, 2.05) is 0 Å². The molecule has 2 aliphatic rings. The van der Waals surface area contributed by atoms with Crippen LogP contribution in [0.3, 0.4) is 0 Å². The molecular formula is C32H42Cl2N2. The molecule has 3 aromatic carbocycles. The predicted molar refractivity (Wildman–Crippen MR) is 157 cm³/mol. The van der Waals surface area contributed by atoms with Gasteiger partial charge in [-0.3, -0.25) is 9.80 Å². The lowest BCUT2D eigenvalue weighted by molar-refractivity contribution is 0.171. The highest BCUT2D eigenvalue weighted by Gasteiger charge is 2.19. The van der Waals surface area contributed by atoms with E-state index >= 15 is 0 Å². The molecule has 0 spiro atoms. The first-order chi connectivity index (χ1) is 16.8. The minimum absolute atomic E-state index is 0. The summed E-state index contributed by atoms with van der Waals surface area (Å²) in [6, 6.07) is 29.2. The molecule has 2 nitrogen and oxygen atoms in total. The standard InChI is InChI=1S/C32H40N2.2ClH/c1-3-8-29(9-4-1)25-33-20-16-27(17-21-33)12-7-13-28-14-15-31-18-22-34(23-19-32(31)24-28)26-30-10-5-2-6-11-30;;/h1-6,8-11,14-15,24,27H,7,12-13,16-23,25-26H2;2*1H. The third-order valence-corrected chi connectivity index (χ3v) is 7.95. The fourth-order valence-corrected chi connectivity index (χ4v) is 5.85. The van der Waals surface area contributed by atoms with Crippen molar-refractivity contribution in [3.05, 3.63) is 107 Å². The second-order valence-electron chi connectivity index (χ2n) is 10.5. The zero-order valence-electron chi connectivity index (χ0n) is 21.5. The molecule has 0 radical (unpaired) electrons. The summed E-state index contributed by atoms with van der Waals surface area (Å²) in [7, 11) is 0. The Hall–Kier alpha value is -1.84. The number of fused-ring (bicyclic) bond motifs is 1. The Morgan fingerprint density at radius 3 is 1.75 bits per heavy atom. The number of nitrogens with zero attached hydrogens (tertiary/aromatic N) is 2. The van der Waals surface area contributed by atoms with Crippen molar-refractivity contribution in [1.82, 2.24) is 9.80 Å². The molecule has 0 saturated carbocycles. The van der Waals surface area contributed by atoms with E-state index in [1.165, 1.54) is 82.3 Å². The molecular weight excluding hydrogens is 483 g/mol. The molecule has 0 amide bonds. The lowest BCUT2D eigenvalue weighted by Crippen LogP contribution is -2.33. The van der Waals surface area contributed by atoms with Gasteiger partial charge in [-0.15, -0.1) is 24.8 Å². The van der Waals surface area contributed by atoms with Crippen molar-refractivity contribution in [2.45, 2.75) is 58.0 Å². The molecule has 4 heteroatoms.